The standard InChI is InChI=1S/C16H22N4/c1-10-5-6-11(2)14(7-10)9-16(18-17)15-8-12(3)19-20-13(15)4/h5-8,16,18H,9,17H2,1-4H3. The summed E-state index contributed by atoms with van der Waals surface area (Å²) < 4.78 is 0. The zero-order valence-corrected chi connectivity index (χ0v) is 12.6. The lowest BCUT2D eigenvalue weighted by Gasteiger charge is -2.19. The molecule has 1 atom stereocenters. The van der Waals surface area contributed by atoms with Crippen LogP contribution in [0.1, 0.15) is 39.7 Å². The normalized spacial score (nSPS) is 12.4. The summed E-state index contributed by atoms with van der Waals surface area (Å²) in [4.78, 5) is 0. The van der Waals surface area contributed by atoms with Crippen molar-refractivity contribution in [1.82, 2.24) is 15.6 Å². The van der Waals surface area contributed by atoms with Crippen LogP contribution in [0.25, 0.3) is 0 Å². The molecule has 1 heterocycles. The quantitative estimate of drug-likeness (QED) is 0.661. The molecule has 0 saturated carbocycles. The summed E-state index contributed by atoms with van der Waals surface area (Å²) in [6.45, 7) is 8.15. The third-order valence-corrected chi connectivity index (χ3v) is 3.65. The summed E-state index contributed by atoms with van der Waals surface area (Å²) in [6.07, 6.45) is 0.843. The van der Waals surface area contributed by atoms with E-state index in [0.717, 1.165) is 23.4 Å². The zero-order valence-electron chi connectivity index (χ0n) is 12.6. The molecule has 0 amide bonds. The number of nitrogens with two attached hydrogens (primary N) is 1. The predicted molar refractivity (Wildman–Crippen MR) is 81.2 cm³/mol. The Morgan fingerprint density at radius 2 is 1.85 bits per heavy atom. The Morgan fingerprint density at radius 1 is 1.10 bits per heavy atom. The van der Waals surface area contributed by atoms with Crippen molar-refractivity contribution >= 4 is 0 Å². The van der Waals surface area contributed by atoms with E-state index in [1.807, 2.05) is 13.8 Å². The smallest absolute Gasteiger partial charge is 0.0648 e. The molecular weight excluding hydrogens is 248 g/mol. The van der Waals surface area contributed by atoms with Gasteiger partial charge in [0.25, 0.3) is 0 Å². The van der Waals surface area contributed by atoms with Crippen LogP contribution in [0.3, 0.4) is 0 Å². The first-order valence-electron chi connectivity index (χ1n) is 6.84. The van der Waals surface area contributed by atoms with E-state index in [2.05, 4.69) is 53.7 Å². The van der Waals surface area contributed by atoms with Crippen LogP contribution in [0.4, 0.5) is 0 Å². The lowest BCUT2D eigenvalue weighted by molar-refractivity contribution is 0.543. The van der Waals surface area contributed by atoms with Crippen LogP contribution < -0.4 is 11.3 Å². The molecule has 0 fully saturated rings. The molecule has 1 aromatic carbocycles. The van der Waals surface area contributed by atoms with Crippen LogP contribution in [0.15, 0.2) is 24.3 Å². The molecule has 0 aliphatic heterocycles. The van der Waals surface area contributed by atoms with Crippen LogP contribution in [-0.2, 0) is 6.42 Å². The summed E-state index contributed by atoms with van der Waals surface area (Å²) in [6, 6.07) is 8.60. The number of hydrogen-bond acceptors (Lipinski definition) is 4. The average molecular weight is 270 g/mol. The highest BCUT2D eigenvalue weighted by atomic mass is 15.2. The number of aromatic nitrogens is 2. The molecule has 1 aromatic heterocycles. The van der Waals surface area contributed by atoms with E-state index in [1.54, 1.807) is 0 Å². The van der Waals surface area contributed by atoms with Crippen molar-refractivity contribution in [1.29, 1.82) is 0 Å². The van der Waals surface area contributed by atoms with Gasteiger partial charge in [0, 0.05) is 0 Å². The van der Waals surface area contributed by atoms with Gasteiger partial charge in [-0.2, -0.15) is 10.2 Å². The van der Waals surface area contributed by atoms with Gasteiger partial charge in [-0.15, -0.1) is 0 Å². The van der Waals surface area contributed by atoms with Gasteiger partial charge in [0.1, 0.15) is 0 Å². The molecule has 0 saturated heterocycles. The molecule has 2 aromatic rings. The second kappa shape index (κ2) is 6.11. The first kappa shape index (κ1) is 14.6. The highest BCUT2D eigenvalue weighted by molar-refractivity contribution is 5.33. The van der Waals surface area contributed by atoms with Crippen LogP contribution >= 0.6 is 0 Å². The summed E-state index contributed by atoms with van der Waals surface area (Å²) in [5.74, 6) is 5.76. The van der Waals surface area contributed by atoms with Crippen molar-refractivity contribution in [3.8, 4) is 0 Å². The Bertz CT molecular complexity index is 607. The van der Waals surface area contributed by atoms with Crippen molar-refractivity contribution in [2.75, 3.05) is 0 Å². The maximum absolute atomic E-state index is 5.76. The van der Waals surface area contributed by atoms with Gasteiger partial charge in [0.05, 0.1) is 17.4 Å². The van der Waals surface area contributed by atoms with Gasteiger partial charge >= 0.3 is 0 Å². The molecule has 2 rings (SSSR count). The monoisotopic (exact) mass is 270 g/mol. The molecular formula is C16H22N4. The van der Waals surface area contributed by atoms with Crippen molar-refractivity contribution in [2.45, 2.75) is 40.2 Å². The van der Waals surface area contributed by atoms with Crippen LogP contribution in [0, 0.1) is 27.7 Å². The maximum Gasteiger partial charge on any atom is 0.0648 e. The summed E-state index contributed by atoms with van der Waals surface area (Å²) in [5, 5.41) is 8.26. The van der Waals surface area contributed by atoms with E-state index >= 15 is 0 Å². The Kier molecular flexibility index (Phi) is 4.47. The lowest BCUT2D eigenvalue weighted by atomic mass is 9.94. The number of aryl methyl sites for hydroxylation is 4. The second-order valence-corrected chi connectivity index (χ2v) is 5.38. The molecule has 4 heteroatoms. The number of hydrogen-bond donors (Lipinski definition) is 2. The highest BCUT2D eigenvalue weighted by Crippen LogP contribution is 2.22. The largest absolute Gasteiger partial charge is 0.271 e. The molecule has 0 bridgehead atoms. The predicted octanol–water partition coefficient (Wildman–Crippen LogP) is 2.46. The SMILES string of the molecule is Cc1ccc(C)c(CC(NN)c2cc(C)nnc2C)c1. The number of rotatable bonds is 4. The number of benzene rings is 1. The summed E-state index contributed by atoms with van der Waals surface area (Å²) in [7, 11) is 0. The molecule has 1 unspecified atom stereocenters. The first-order chi connectivity index (χ1) is 9.51. The van der Waals surface area contributed by atoms with E-state index in [1.165, 1.54) is 16.7 Å². The number of nitrogens with zero attached hydrogens (tertiary/aromatic N) is 2. The molecule has 3 N–H and O–H groups in total. The molecule has 20 heavy (non-hydrogen) atoms. The van der Waals surface area contributed by atoms with Crippen molar-refractivity contribution in [3.05, 3.63) is 57.9 Å². The number of nitrogens with one attached hydrogen (secondary N) is 1. The Morgan fingerprint density at radius 3 is 2.55 bits per heavy atom. The van der Waals surface area contributed by atoms with Gasteiger partial charge < -0.3 is 0 Å². The van der Waals surface area contributed by atoms with Gasteiger partial charge in [-0.1, -0.05) is 23.8 Å². The van der Waals surface area contributed by atoms with Crippen LogP contribution in [0.2, 0.25) is 0 Å². The Labute approximate surface area is 120 Å². The molecule has 0 aliphatic rings. The first-order valence-corrected chi connectivity index (χ1v) is 6.84. The van der Waals surface area contributed by atoms with Gasteiger partial charge in [0.15, 0.2) is 0 Å². The van der Waals surface area contributed by atoms with Gasteiger partial charge in [-0.05, 0) is 56.9 Å². The molecule has 4 nitrogen and oxygen atoms in total. The van der Waals surface area contributed by atoms with Gasteiger partial charge in [-0.25, -0.2) is 0 Å². The van der Waals surface area contributed by atoms with Gasteiger partial charge in [0.2, 0.25) is 0 Å². The van der Waals surface area contributed by atoms with Crippen LogP contribution in [-0.4, -0.2) is 10.2 Å². The van der Waals surface area contributed by atoms with E-state index in [-0.39, 0.29) is 6.04 Å². The summed E-state index contributed by atoms with van der Waals surface area (Å²) >= 11 is 0. The Hall–Kier alpha value is -1.78. The molecule has 0 spiro atoms. The topological polar surface area (TPSA) is 63.8 Å². The van der Waals surface area contributed by atoms with Crippen molar-refractivity contribution in [3.63, 3.8) is 0 Å². The lowest BCUT2D eigenvalue weighted by Crippen LogP contribution is -2.30. The van der Waals surface area contributed by atoms with Crippen LogP contribution in [0.5, 0.6) is 0 Å². The third-order valence-electron chi connectivity index (χ3n) is 3.65. The fraction of sp³-hybridized carbons (Fsp3) is 0.375. The average Bonchev–Trinajstić information content (AvgIpc) is 2.42. The van der Waals surface area contributed by atoms with E-state index < -0.39 is 0 Å². The van der Waals surface area contributed by atoms with Crippen molar-refractivity contribution in [2.24, 2.45) is 5.84 Å². The third kappa shape index (κ3) is 3.21. The molecule has 0 radical (unpaired) electrons. The molecule has 0 aliphatic carbocycles. The minimum absolute atomic E-state index is 0.0460. The van der Waals surface area contributed by atoms with E-state index in [4.69, 9.17) is 5.84 Å². The fourth-order valence-corrected chi connectivity index (χ4v) is 2.42. The fourth-order valence-electron chi connectivity index (χ4n) is 2.42. The highest BCUT2D eigenvalue weighted by Gasteiger charge is 2.15. The van der Waals surface area contributed by atoms with E-state index in [0.29, 0.717) is 0 Å². The minimum Gasteiger partial charge on any atom is -0.271 e. The minimum atomic E-state index is 0.0460. The Balaban J connectivity index is 2.33. The molecule has 106 valence electrons. The van der Waals surface area contributed by atoms with E-state index in [9.17, 15) is 0 Å². The number of hydrazine groups is 1. The zero-order chi connectivity index (χ0) is 14.7. The van der Waals surface area contributed by atoms with Gasteiger partial charge in [-0.3, -0.25) is 11.3 Å². The van der Waals surface area contributed by atoms with Crippen molar-refractivity contribution < 1.29 is 0 Å². The maximum atomic E-state index is 5.76. The summed E-state index contributed by atoms with van der Waals surface area (Å²) in [5.41, 5.74) is 9.71. The second-order valence-electron chi connectivity index (χ2n) is 5.38.